The van der Waals surface area contributed by atoms with Crippen molar-refractivity contribution in [3.05, 3.63) is 28.2 Å². The summed E-state index contributed by atoms with van der Waals surface area (Å²) in [4.78, 5) is 15.8. The molecule has 0 atom stereocenters. The zero-order chi connectivity index (χ0) is 8.97. The molecule has 1 rings (SSSR count). The number of H-pyrrole nitrogens is 1. The van der Waals surface area contributed by atoms with E-state index < -0.39 is 4.92 Å². The van der Waals surface area contributed by atoms with Gasteiger partial charge < -0.3 is 15.2 Å². The van der Waals surface area contributed by atoms with Crippen molar-refractivity contribution < 1.29 is 10.0 Å². The van der Waals surface area contributed by atoms with E-state index in [0.717, 1.165) is 0 Å². The van der Waals surface area contributed by atoms with Crippen molar-refractivity contribution in [2.24, 2.45) is 0 Å². The van der Waals surface area contributed by atoms with E-state index in [1.165, 1.54) is 18.5 Å². The largest absolute Gasteiger partial charge is 0.392 e. The zero-order valence-electron chi connectivity index (χ0n) is 6.10. The fourth-order valence-electron chi connectivity index (χ4n) is 0.731. The van der Waals surface area contributed by atoms with E-state index in [1.54, 1.807) is 0 Å². The maximum Gasteiger partial charge on any atom is 0.347 e. The number of nitrogens with zero attached hydrogens (tertiary/aromatic N) is 2. The lowest BCUT2D eigenvalue weighted by Gasteiger charge is -1.89. The molecule has 0 amide bonds. The van der Waals surface area contributed by atoms with E-state index in [0.29, 0.717) is 0 Å². The Balaban J connectivity index is 2.91. The molecule has 0 radical (unpaired) electrons. The van der Waals surface area contributed by atoms with Crippen molar-refractivity contribution in [1.29, 1.82) is 0 Å². The highest BCUT2D eigenvalue weighted by molar-refractivity contribution is 5.53. The smallest absolute Gasteiger partial charge is 0.347 e. The third-order valence-electron chi connectivity index (χ3n) is 1.21. The lowest BCUT2D eigenvalue weighted by molar-refractivity contribution is -0.389. The fraction of sp³-hybridized carbons (Fsp3) is 0.167. The quantitative estimate of drug-likeness (QED) is 0.503. The number of aromatic amines is 1. The predicted molar refractivity (Wildman–Crippen MR) is 41.4 cm³/mol. The molecule has 0 aliphatic carbocycles. The van der Waals surface area contributed by atoms with Crippen molar-refractivity contribution in [3.8, 4) is 0 Å². The van der Waals surface area contributed by atoms with Gasteiger partial charge in [-0.15, -0.1) is 0 Å². The molecule has 0 aliphatic heterocycles. The van der Waals surface area contributed by atoms with Crippen LogP contribution >= 0.6 is 0 Å². The number of imidazole rings is 1. The first kappa shape index (κ1) is 8.41. The van der Waals surface area contributed by atoms with E-state index in [4.69, 9.17) is 5.11 Å². The molecule has 0 aromatic carbocycles. The number of nitrogens with one attached hydrogen (secondary N) is 1. The van der Waals surface area contributed by atoms with Crippen LogP contribution in [0.15, 0.2) is 12.4 Å². The van der Waals surface area contributed by atoms with E-state index in [-0.39, 0.29) is 18.1 Å². The highest BCUT2D eigenvalue weighted by Crippen LogP contribution is 2.13. The molecule has 0 spiro atoms. The highest BCUT2D eigenvalue weighted by atomic mass is 16.6. The summed E-state index contributed by atoms with van der Waals surface area (Å²) in [5.41, 5.74) is 0.217. The first-order chi connectivity index (χ1) is 5.75. The molecule has 12 heavy (non-hydrogen) atoms. The molecule has 64 valence electrons. The van der Waals surface area contributed by atoms with E-state index >= 15 is 0 Å². The number of nitro groups is 1. The Kier molecular flexibility index (Phi) is 2.54. The summed E-state index contributed by atoms with van der Waals surface area (Å²) in [6, 6.07) is 0. The standard InChI is InChI=1S/C6H7N3O3/c10-3-1-2-5-6(9(11)12)8-4-7-5/h1-2,4,10H,3H2,(H,7,8). The lowest BCUT2D eigenvalue weighted by atomic mass is 10.4. The van der Waals surface area contributed by atoms with Gasteiger partial charge >= 0.3 is 5.82 Å². The minimum Gasteiger partial charge on any atom is -0.392 e. The third-order valence-corrected chi connectivity index (χ3v) is 1.21. The highest BCUT2D eigenvalue weighted by Gasteiger charge is 2.11. The first-order valence-electron chi connectivity index (χ1n) is 3.21. The van der Waals surface area contributed by atoms with Gasteiger partial charge in [-0.2, -0.15) is 0 Å². The number of aromatic nitrogens is 2. The molecule has 0 bridgehead atoms. The molecule has 0 unspecified atom stereocenters. The summed E-state index contributed by atoms with van der Waals surface area (Å²) in [6.07, 6.45) is 3.99. The normalized spacial score (nSPS) is 10.8. The molecule has 6 heteroatoms. The third kappa shape index (κ3) is 1.67. The van der Waals surface area contributed by atoms with Gasteiger partial charge in [-0.1, -0.05) is 6.08 Å². The van der Waals surface area contributed by atoms with Crippen molar-refractivity contribution in [3.63, 3.8) is 0 Å². The number of aliphatic hydroxyl groups is 1. The molecule has 1 heterocycles. The van der Waals surface area contributed by atoms with Crippen molar-refractivity contribution in [2.45, 2.75) is 0 Å². The monoisotopic (exact) mass is 169 g/mol. The maximum absolute atomic E-state index is 10.3. The average molecular weight is 169 g/mol. The Hall–Kier alpha value is -1.69. The van der Waals surface area contributed by atoms with Crippen LogP contribution in [0.5, 0.6) is 0 Å². The molecule has 0 fully saturated rings. The second-order valence-electron chi connectivity index (χ2n) is 1.98. The first-order valence-corrected chi connectivity index (χ1v) is 3.21. The van der Waals surface area contributed by atoms with Crippen molar-refractivity contribution in [1.82, 2.24) is 9.97 Å². The number of hydrogen-bond donors (Lipinski definition) is 2. The van der Waals surface area contributed by atoms with Gasteiger partial charge in [-0.3, -0.25) is 0 Å². The maximum atomic E-state index is 10.3. The van der Waals surface area contributed by atoms with Crippen LogP contribution in [0, 0.1) is 10.1 Å². The lowest BCUT2D eigenvalue weighted by Crippen LogP contribution is -1.90. The van der Waals surface area contributed by atoms with Crippen LogP contribution in [0.25, 0.3) is 6.08 Å². The molecule has 2 N–H and O–H groups in total. The SMILES string of the molecule is O=[N+]([O-])c1[nH]cnc1C=CCO. The van der Waals surface area contributed by atoms with Crippen LogP contribution in [-0.4, -0.2) is 26.6 Å². The van der Waals surface area contributed by atoms with E-state index in [1.807, 2.05) is 0 Å². The average Bonchev–Trinajstić information content (AvgIpc) is 2.48. The van der Waals surface area contributed by atoms with Crippen LogP contribution in [0.3, 0.4) is 0 Å². The summed E-state index contributed by atoms with van der Waals surface area (Å²) in [5, 5.41) is 18.7. The van der Waals surface area contributed by atoms with Gasteiger partial charge in [0.05, 0.1) is 6.61 Å². The van der Waals surface area contributed by atoms with Gasteiger partial charge in [0, 0.05) is 0 Å². The summed E-state index contributed by atoms with van der Waals surface area (Å²) in [7, 11) is 0. The summed E-state index contributed by atoms with van der Waals surface area (Å²) in [6.45, 7) is -0.163. The molecule has 6 nitrogen and oxygen atoms in total. The van der Waals surface area contributed by atoms with Gasteiger partial charge in [0.15, 0.2) is 12.0 Å². The number of aliphatic hydroxyl groups excluding tert-OH is 1. The summed E-state index contributed by atoms with van der Waals surface area (Å²) >= 11 is 0. The van der Waals surface area contributed by atoms with Crippen LogP contribution in [0.1, 0.15) is 5.69 Å². The molecule has 0 aliphatic rings. The Labute approximate surface area is 67.7 Å². The molecule has 1 aromatic heterocycles. The second-order valence-corrected chi connectivity index (χ2v) is 1.98. The Morgan fingerprint density at radius 1 is 1.83 bits per heavy atom. The van der Waals surface area contributed by atoms with Crippen LogP contribution < -0.4 is 0 Å². The molecule has 1 aromatic rings. The van der Waals surface area contributed by atoms with Gasteiger partial charge in [0.25, 0.3) is 0 Å². The van der Waals surface area contributed by atoms with Crippen LogP contribution in [-0.2, 0) is 0 Å². The Morgan fingerprint density at radius 2 is 2.58 bits per heavy atom. The van der Waals surface area contributed by atoms with Crippen molar-refractivity contribution in [2.75, 3.05) is 6.61 Å². The topological polar surface area (TPSA) is 92.0 Å². The number of rotatable bonds is 3. The van der Waals surface area contributed by atoms with Crippen molar-refractivity contribution >= 4 is 11.9 Å². The second kappa shape index (κ2) is 3.63. The van der Waals surface area contributed by atoms with Crippen LogP contribution in [0.4, 0.5) is 5.82 Å². The molecular weight excluding hydrogens is 162 g/mol. The summed E-state index contributed by atoms with van der Waals surface area (Å²) in [5.74, 6) is -0.167. The Morgan fingerprint density at radius 3 is 3.17 bits per heavy atom. The van der Waals surface area contributed by atoms with E-state index in [9.17, 15) is 10.1 Å². The minimum absolute atomic E-state index is 0.163. The van der Waals surface area contributed by atoms with Gasteiger partial charge in [0.2, 0.25) is 0 Å². The molecule has 0 saturated carbocycles. The molecular formula is C6H7N3O3. The predicted octanol–water partition coefficient (Wildman–Crippen LogP) is 0.323. The molecule has 0 saturated heterocycles. The van der Waals surface area contributed by atoms with Crippen LogP contribution in [0.2, 0.25) is 0 Å². The van der Waals surface area contributed by atoms with Gasteiger partial charge in [0.1, 0.15) is 0 Å². The van der Waals surface area contributed by atoms with E-state index in [2.05, 4.69) is 9.97 Å². The zero-order valence-corrected chi connectivity index (χ0v) is 6.10. The van der Waals surface area contributed by atoms with Gasteiger partial charge in [-0.25, -0.2) is 9.97 Å². The fourth-order valence-corrected chi connectivity index (χ4v) is 0.731. The minimum atomic E-state index is -0.565. The number of hydrogen-bond acceptors (Lipinski definition) is 4. The van der Waals surface area contributed by atoms with Gasteiger partial charge in [-0.05, 0) is 11.0 Å². The summed E-state index contributed by atoms with van der Waals surface area (Å²) < 4.78 is 0. The Bertz CT molecular complexity index is 305.